The Hall–Kier alpha value is -2.58. The summed E-state index contributed by atoms with van der Waals surface area (Å²) in [4.78, 5) is 54.2. The van der Waals surface area contributed by atoms with E-state index in [0.717, 1.165) is 44.9 Å². The summed E-state index contributed by atoms with van der Waals surface area (Å²) in [5, 5.41) is 2.91. The maximum atomic E-state index is 14.1. The second-order valence-electron chi connectivity index (χ2n) is 21.1. The Kier molecular flexibility index (Phi) is 47.0. The zero-order valence-corrected chi connectivity index (χ0v) is 46.2. The van der Waals surface area contributed by atoms with Crippen molar-refractivity contribution in [2.45, 2.75) is 329 Å². The number of nitrogens with one attached hydrogen (secondary N) is 1. The molecule has 0 atom stereocenters. The van der Waals surface area contributed by atoms with E-state index >= 15 is 0 Å². The van der Waals surface area contributed by atoms with Gasteiger partial charge in [-0.15, -0.1) is 0 Å². The van der Waals surface area contributed by atoms with Crippen molar-refractivity contribution in [1.29, 1.82) is 0 Å². The molecule has 0 aliphatic heterocycles. The summed E-state index contributed by atoms with van der Waals surface area (Å²) in [6.45, 7) is 8.54. The number of carbonyl (C=O) groups excluding carboxylic acids is 3. The molecule has 0 spiro atoms. The van der Waals surface area contributed by atoms with Gasteiger partial charge >= 0.3 is 0 Å². The van der Waals surface area contributed by atoms with Gasteiger partial charge in [0.05, 0.1) is 0 Å². The Morgan fingerprint density at radius 2 is 0.565 bits per heavy atom. The molecule has 0 unspecified atom stereocenters. The smallest absolute Gasteiger partial charge is 0.291 e. The first kappa shape index (κ1) is 64.4. The third-order valence-corrected chi connectivity index (χ3v) is 14.4. The van der Waals surface area contributed by atoms with Crippen molar-refractivity contribution < 1.29 is 14.4 Å². The molecule has 0 saturated carbocycles. The highest BCUT2D eigenvalue weighted by atomic mass is 16.2. The fourth-order valence-electron chi connectivity index (χ4n) is 9.80. The lowest BCUT2D eigenvalue weighted by Crippen LogP contribution is -2.36. The van der Waals surface area contributed by atoms with Gasteiger partial charge in [0.25, 0.3) is 17.7 Å². The molecule has 402 valence electrons. The summed E-state index contributed by atoms with van der Waals surface area (Å²) in [7, 11) is 0. The summed E-state index contributed by atoms with van der Waals surface area (Å²) in [5.74, 6) is -2.46. The first-order valence-corrected chi connectivity index (χ1v) is 30.6. The van der Waals surface area contributed by atoms with E-state index in [4.69, 9.17) is 5.73 Å². The van der Waals surface area contributed by atoms with E-state index in [9.17, 15) is 14.4 Å². The summed E-state index contributed by atoms with van der Waals surface area (Å²) in [5.41, 5.74) is 5.63. The van der Waals surface area contributed by atoms with Gasteiger partial charge < -0.3 is 16.0 Å². The molecule has 9 nitrogen and oxygen atoms in total. The van der Waals surface area contributed by atoms with E-state index in [1.54, 1.807) is 0 Å². The number of carbonyl (C=O) groups is 3. The summed E-state index contributed by atoms with van der Waals surface area (Å²) in [6, 6.07) is 0. The number of primary amides is 1. The molecule has 3 N–H and O–H groups in total. The molecular weight excluding hydrogens is 853 g/mol. The van der Waals surface area contributed by atoms with Crippen LogP contribution in [-0.2, 0) is 0 Å². The number of nitrogens with two attached hydrogens (primary N) is 1. The zero-order valence-electron chi connectivity index (χ0n) is 46.2. The number of amides is 3. The van der Waals surface area contributed by atoms with Gasteiger partial charge in [-0.3, -0.25) is 14.4 Å². The molecule has 69 heavy (non-hydrogen) atoms. The van der Waals surface area contributed by atoms with Crippen molar-refractivity contribution >= 4 is 17.7 Å². The van der Waals surface area contributed by atoms with Crippen molar-refractivity contribution in [3.63, 3.8) is 0 Å². The lowest BCUT2D eigenvalue weighted by molar-refractivity contribution is 0.0735. The van der Waals surface area contributed by atoms with Crippen molar-refractivity contribution in [3.8, 4) is 0 Å². The molecular formula is C60H114N6O3. The number of hydrogen-bond donors (Lipinski definition) is 2. The van der Waals surface area contributed by atoms with Crippen LogP contribution in [0.3, 0.4) is 0 Å². The number of nitrogens with zero attached hydrogens (tertiary/aromatic N) is 4. The first-order valence-electron chi connectivity index (χ1n) is 30.6. The van der Waals surface area contributed by atoms with Crippen molar-refractivity contribution in [2.75, 3.05) is 19.6 Å². The van der Waals surface area contributed by atoms with Crippen LogP contribution in [0.4, 0.5) is 0 Å². The summed E-state index contributed by atoms with van der Waals surface area (Å²) < 4.78 is 0. The Balaban J connectivity index is 2.54. The standard InChI is InChI=1S/C60H114N6O3/c1-4-7-10-13-16-19-22-25-28-31-34-37-40-43-46-49-52-62-59(68)57-63-56(55(61)67)64-58(65-57)60(69)66(53-50-47-44-41-38-35-32-29-26-23-20-17-14-11-8-5-2)54-51-48-45-42-39-36-33-30-27-24-21-18-15-12-9-6-3/h4-54H2,1-3H3,(H2,61,67)(H,62,68). The highest BCUT2D eigenvalue weighted by molar-refractivity contribution is 5.96. The molecule has 1 aromatic rings. The normalized spacial score (nSPS) is 11.4. The minimum Gasteiger partial charge on any atom is -0.363 e. The van der Waals surface area contributed by atoms with Crippen LogP contribution in [0.15, 0.2) is 0 Å². The van der Waals surface area contributed by atoms with Crippen LogP contribution in [0.5, 0.6) is 0 Å². The highest BCUT2D eigenvalue weighted by Gasteiger charge is 2.24. The van der Waals surface area contributed by atoms with Crippen LogP contribution in [-0.4, -0.2) is 57.2 Å². The number of aromatic nitrogens is 3. The van der Waals surface area contributed by atoms with Gasteiger partial charge in [-0.25, -0.2) is 0 Å². The maximum Gasteiger partial charge on any atom is 0.291 e. The largest absolute Gasteiger partial charge is 0.363 e. The average molecular weight is 968 g/mol. The molecule has 0 aromatic carbocycles. The molecule has 1 aromatic heterocycles. The third kappa shape index (κ3) is 40.7. The monoisotopic (exact) mass is 967 g/mol. The Morgan fingerprint density at radius 3 is 0.841 bits per heavy atom. The minimum atomic E-state index is -0.875. The molecule has 1 rings (SSSR count). The third-order valence-electron chi connectivity index (χ3n) is 14.4. The molecule has 0 bridgehead atoms. The van der Waals surface area contributed by atoms with Crippen LogP contribution in [0.25, 0.3) is 0 Å². The molecule has 1 heterocycles. The Morgan fingerprint density at radius 1 is 0.333 bits per heavy atom. The fourth-order valence-corrected chi connectivity index (χ4v) is 9.80. The van der Waals surface area contributed by atoms with Gasteiger partial charge in [-0.1, -0.05) is 310 Å². The van der Waals surface area contributed by atoms with Crippen molar-refractivity contribution in [2.24, 2.45) is 5.73 Å². The molecule has 0 aliphatic carbocycles. The Labute approximate surface area is 427 Å². The SMILES string of the molecule is CCCCCCCCCCCCCCCCCCNC(=O)c1nc(C(N)=O)nc(C(=O)N(CCCCCCCCCCCCCCCCCC)CCCCCCCCCCCCCCCCCC)n1. The lowest BCUT2D eigenvalue weighted by atomic mass is 10.0. The number of hydrogen-bond acceptors (Lipinski definition) is 6. The van der Waals surface area contributed by atoms with Gasteiger partial charge in [-0.05, 0) is 19.3 Å². The van der Waals surface area contributed by atoms with E-state index in [1.165, 1.54) is 263 Å². The van der Waals surface area contributed by atoms with Crippen LogP contribution in [0, 0.1) is 0 Å². The van der Waals surface area contributed by atoms with E-state index in [0.29, 0.717) is 19.6 Å². The second kappa shape index (κ2) is 50.4. The minimum absolute atomic E-state index is 0.167. The van der Waals surface area contributed by atoms with E-state index < -0.39 is 11.8 Å². The molecule has 3 amide bonds. The van der Waals surface area contributed by atoms with Gasteiger partial charge in [0, 0.05) is 19.6 Å². The van der Waals surface area contributed by atoms with Crippen molar-refractivity contribution in [3.05, 3.63) is 17.5 Å². The number of unbranched alkanes of at least 4 members (excludes halogenated alkanes) is 45. The fraction of sp³-hybridized carbons (Fsp3) is 0.900. The first-order chi connectivity index (χ1) is 33.9. The maximum absolute atomic E-state index is 14.1. The lowest BCUT2D eigenvalue weighted by Gasteiger charge is -2.22. The van der Waals surface area contributed by atoms with E-state index in [1.807, 2.05) is 4.90 Å². The molecule has 0 fully saturated rings. The van der Waals surface area contributed by atoms with Crippen LogP contribution in [0.1, 0.15) is 361 Å². The zero-order chi connectivity index (χ0) is 49.9. The molecule has 9 heteroatoms. The van der Waals surface area contributed by atoms with Gasteiger partial charge in [-0.2, -0.15) is 15.0 Å². The Bertz CT molecular complexity index is 1270. The predicted octanol–water partition coefficient (Wildman–Crippen LogP) is 17.9. The average Bonchev–Trinajstić information content (AvgIpc) is 3.35. The molecule has 0 aliphatic rings. The second-order valence-corrected chi connectivity index (χ2v) is 21.1. The topological polar surface area (TPSA) is 131 Å². The van der Waals surface area contributed by atoms with Gasteiger partial charge in [0.15, 0.2) is 0 Å². The summed E-state index contributed by atoms with van der Waals surface area (Å²) in [6.07, 6.45) is 62.2. The number of rotatable bonds is 54. The van der Waals surface area contributed by atoms with E-state index in [2.05, 4.69) is 41.0 Å². The van der Waals surface area contributed by atoms with Crippen LogP contribution in [0.2, 0.25) is 0 Å². The van der Waals surface area contributed by atoms with Gasteiger partial charge in [0.1, 0.15) is 0 Å². The quantitative estimate of drug-likeness (QED) is 0.0625. The van der Waals surface area contributed by atoms with Crippen LogP contribution < -0.4 is 11.1 Å². The van der Waals surface area contributed by atoms with Crippen LogP contribution >= 0.6 is 0 Å². The highest BCUT2D eigenvalue weighted by Crippen LogP contribution is 2.18. The summed E-state index contributed by atoms with van der Waals surface area (Å²) >= 11 is 0. The molecule has 0 radical (unpaired) electrons. The van der Waals surface area contributed by atoms with Crippen molar-refractivity contribution in [1.82, 2.24) is 25.2 Å². The van der Waals surface area contributed by atoms with Gasteiger partial charge in [0.2, 0.25) is 17.5 Å². The van der Waals surface area contributed by atoms with E-state index in [-0.39, 0.29) is 23.4 Å². The molecule has 0 saturated heterocycles. The predicted molar refractivity (Wildman–Crippen MR) is 295 cm³/mol.